The molecule has 0 aliphatic rings. The maximum Gasteiger partial charge on any atom is 0.200 e. The standard InChI is InChI=1S/C24BF20.C11H17N/c26-5-1(6(27)14(35)21(42)13(5)34)25(2-7(28)15(36)22(43)16(37)8(2)29,3-9(30)17(38)23(44)18(39)10(3)31)4-11(32)19(40)24(45)20(41)12(4)33;1-6-7(2)9(4)11(12)10(5)8(6)3/h;12H2,1-5H3/q-1;/p+1. The van der Waals surface area contributed by atoms with Gasteiger partial charge in [-0.1, -0.05) is 0 Å². The van der Waals surface area contributed by atoms with Crippen molar-refractivity contribution in [3.05, 3.63) is 144 Å². The van der Waals surface area contributed by atoms with Crippen LogP contribution in [-0.4, -0.2) is 6.15 Å². The number of quaternary nitrogens is 1. The summed E-state index contributed by atoms with van der Waals surface area (Å²) in [6.07, 6.45) is -7.22. The molecular weight excluding hydrogens is 825 g/mol. The second-order valence-corrected chi connectivity index (χ2v) is 12.4. The van der Waals surface area contributed by atoms with Gasteiger partial charge in [0.15, 0.2) is 69.8 Å². The summed E-state index contributed by atoms with van der Waals surface area (Å²) < 4.78 is 294. The van der Waals surface area contributed by atoms with Gasteiger partial charge in [0.2, 0.25) is 0 Å². The molecule has 3 N–H and O–H groups in total. The average Bonchev–Trinajstić information content (AvgIpc) is 3.18. The fourth-order valence-electron chi connectivity index (χ4n) is 6.45. The SMILES string of the molecule is Cc1c(C)c(C)c([NH3+])c(C)c1C.Fc1c(F)c(F)c([B-](c2c(F)c(F)c(F)c(F)c2F)(c2c(F)c(F)c(F)c(F)c2F)c2c(F)c(F)c(F)c(F)c2F)c(F)c1F. The van der Waals surface area contributed by atoms with Gasteiger partial charge in [0.05, 0.1) is 0 Å². The molecule has 5 aromatic carbocycles. The lowest BCUT2D eigenvalue weighted by atomic mass is 9.12. The zero-order valence-electron chi connectivity index (χ0n) is 28.8. The van der Waals surface area contributed by atoms with Crippen LogP contribution in [0.4, 0.5) is 93.5 Å². The molecule has 0 saturated heterocycles. The fourth-order valence-corrected chi connectivity index (χ4v) is 6.45. The van der Waals surface area contributed by atoms with Gasteiger partial charge in [-0.25, -0.2) is 87.8 Å². The fraction of sp³-hybridized carbons (Fsp3) is 0.143. The highest BCUT2D eigenvalue weighted by atomic mass is 19.2. The largest absolute Gasteiger partial charge is 0.325 e. The Kier molecular flexibility index (Phi) is 11.9. The van der Waals surface area contributed by atoms with Crippen molar-refractivity contribution in [2.45, 2.75) is 34.6 Å². The molecule has 0 fully saturated rings. The molecule has 1 nitrogen and oxygen atoms in total. The second-order valence-electron chi connectivity index (χ2n) is 12.4. The molecule has 306 valence electrons. The van der Waals surface area contributed by atoms with Crippen molar-refractivity contribution in [3.8, 4) is 0 Å². The minimum absolute atomic E-state index is 1.20. The number of benzene rings is 5. The molecule has 22 heteroatoms. The van der Waals surface area contributed by atoms with Crippen LogP contribution >= 0.6 is 0 Å². The van der Waals surface area contributed by atoms with E-state index < -0.39 is 144 Å². The smallest absolute Gasteiger partial charge is 0.200 e. The van der Waals surface area contributed by atoms with E-state index in [1.54, 1.807) is 0 Å². The summed E-state index contributed by atoms with van der Waals surface area (Å²) in [4.78, 5) is 0. The van der Waals surface area contributed by atoms with Crippen LogP contribution in [-0.2, 0) is 0 Å². The van der Waals surface area contributed by atoms with Gasteiger partial charge < -0.3 is 5.73 Å². The Labute approximate surface area is 306 Å². The summed E-state index contributed by atoms with van der Waals surface area (Å²) >= 11 is 0. The minimum atomic E-state index is -7.22. The maximum absolute atomic E-state index is 15.4. The molecule has 0 aliphatic carbocycles. The van der Waals surface area contributed by atoms with E-state index in [2.05, 4.69) is 40.4 Å². The Morgan fingerprint density at radius 2 is 0.351 bits per heavy atom. The summed E-state index contributed by atoms with van der Waals surface area (Å²) in [5, 5.41) is 0. The van der Waals surface area contributed by atoms with E-state index in [9.17, 15) is 52.7 Å². The Balaban J connectivity index is 0.000000512. The van der Waals surface area contributed by atoms with Crippen molar-refractivity contribution in [1.29, 1.82) is 0 Å². The van der Waals surface area contributed by atoms with Gasteiger partial charge in [0.1, 0.15) is 58.4 Å². The summed E-state index contributed by atoms with van der Waals surface area (Å²) in [7, 11) is 0. The maximum atomic E-state index is 15.4. The van der Waals surface area contributed by atoms with Gasteiger partial charge in [-0.3, -0.25) is 0 Å². The van der Waals surface area contributed by atoms with Crippen molar-refractivity contribution >= 4 is 33.7 Å². The van der Waals surface area contributed by atoms with E-state index in [1.807, 2.05) is 0 Å². The topological polar surface area (TPSA) is 27.6 Å². The van der Waals surface area contributed by atoms with Gasteiger partial charge in [-0.2, -0.15) is 0 Å². The molecule has 0 radical (unpaired) electrons. The van der Waals surface area contributed by atoms with Gasteiger partial charge >= 0.3 is 0 Å². The van der Waals surface area contributed by atoms with Crippen LogP contribution in [0.15, 0.2) is 0 Å². The number of rotatable bonds is 4. The predicted molar refractivity (Wildman–Crippen MR) is 162 cm³/mol. The Bertz CT molecular complexity index is 2050. The third-order valence-corrected chi connectivity index (χ3v) is 9.86. The highest BCUT2D eigenvalue weighted by Gasteiger charge is 2.52. The normalized spacial score (nSPS) is 11.7. The Morgan fingerprint density at radius 1 is 0.228 bits per heavy atom. The zero-order valence-corrected chi connectivity index (χ0v) is 28.8. The van der Waals surface area contributed by atoms with Gasteiger partial charge in [-0.05, 0) is 51.3 Å². The van der Waals surface area contributed by atoms with Crippen LogP contribution in [0, 0.1) is 151 Å². The third kappa shape index (κ3) is 6.26. The van der Waals surface area contributed by atoms with Crippen LogP contribution < -0.4 is 27.6 Å². The monoisotopic (exact) mass is 843 g/mol. The molecule has 0 amide bonds. The van der Waals surface area contributed by atoms with Crippen LogP contribution in [0.5, 0.6) is 0 Å². The molecule has 0 bridgehead atoms. The van der Waals surface area contributed by atoms with Crippen LogP contribution in [0.1, 0.15) is 27.8 Å². The highest BCUT2D eigenvalue weighted by Crippen LogP contribution is 2.31. The Hall–Kier alpha value is -5.28. The van der Waals surface area contributed by atoms with Gasteiger partial charge in [0.25, 0.3) is 0 Å². The van der Waals surface area contributed by atoms with Crippen molar-refractivity contribution in [1.82, 2.24) is 0 Å². The first-order valence-corrected chi connectivity index (χ1v) is 15.3. The lowest BCUT2D eigenvalue weighted by molar-refractivity contribution is -0.256. The molecular formula is C35H18BF20N. The van der Waals surface area contributed by atoms with E-state index in [-0.39, 0.29) is 0 Å². The van der Waals surface area contributed by atoms with E-state index in [0.717, 1.165) is 0 Å². The quantitative estimate of drug-likeness (QED) is 0.0825. The zero-order chi connectivity index (χ0) is 43.8. The van der Waals surface area contributed by atoms with E-state index in [0.29, 0.717) is 0 Å². The van der Waals surface area contributed by atoms with Crippen molar-refractivity contribution in [2.75, 3.05) is 0 Å². The average molecular weight is 843 g/mol. The second kappa shape index (κ2) is 15.2. The van der Waals surface area contributed by atoms with E-state index in [1.165, 1.54) is 33.5 Å². The number of hydrogen-bond donors (Lipinski definition) is 1. The molecule has 0 aliphatic heterocycles. The third-order valence-electron chi connectivity index (χ3n) is 9.86. The summed E-state index contributed by atoms with van der Waals surface area (Å²) in [6, 6.07) is 0. The van der Waals surface area contributed by atoms with Crippen molar-refractivity contribution < 1.29 is 93.5 Å². The van der Waals surface area contributed by atoms with Crippen LogP contribution in [0.2, 0.25) is 0 Å². The Morgan fingerprint density at radius 3 is 0.509 bits per heavy atom. The predicted octanol–water partition coefficient (Wildman–Crippen LogP) is 7.95. The number of hydrogen-bond acceptors (Lipinski definition) is 0. The first-order valence-electron chi connectivity index (χ1n) is 15.3. The van der Waals surface area contributed by atoms with Crippen molar-refractivity contribution in [2.24, 2.45) is 0 Å². The molecule has 5 aromatic rings. The highest BCUT2D eigenvalue weighted by molar-refractivity contribution is 7.20. The lowest BCUT2D eigenvalue weighted by Crippen LogP contribution is -2.81. The van der Waals surface area contributed by atoms with Gasteiger partial charge in [-0.15, -0.1) is 21.9 Å². The van der Waals surface area contributed by atoms with Crippen LogP contribution in [0.25, 0.3) is 0 Å². The summed E-state index contributed by atoms with van der Waals surface area (Å²) in [5.41, 5.74) is -2.16. The van der Waals surface area contributed by atoms with E-state index in [4.69, 9.17) is 0 Å². The molecule has 0 saturated carbocycles. The first kappa shape index (κ1) is 44.4. The molecule has 0 unspecified atom stereocenters. The minimum Gasteiger partial charge on any atom is -0.325 e. The molecule has 5 rings (SSSR count). The number of halogens is 20. The van der Waals surface area contributed by atoms with Crippen LogP contribution in [0.3, 0.4) is 0 Å². The molecule has 57 heavy (non-hydrogen) atoms. The lowest BCUT2D eigenvalue weighted by Gasteiger charge is -2.44. The molecule has 0 aromatic heterocycles. The molecule has 0 heterocycles. The van der Waals surface area contributed by atoms with Gasteiger partial charge in [0, 0.05) is 11.1 Å². The molecule has 0 spiro atoms. The molecule has 0 atom stereocenters. The van der Waals surface area contributed by atoms with Crippen molar-refractivity contribution in [3.63, 3.8) is 0 Å². The summed E-state index contributed by atoms with van der Waals surface area (Å²) in [5.74, 6) is -71.4. The van der Waals surface area contributed by atoms with E-state index >= 15 is 35.1 Å². The summed E-state index contributed by atoms with van der Waals surface area (Å²) in [6.45, 7) is 10.8. The first-order chi connectivity index (χ1) is 26.2.